The van der Waals surface area contributed by atoms with Crippen molar-refractivity contribution in [2.75, 3.05) is 5.32 Å². The summed E-state index contributed by atoms with van der Waals surface area (Å²) < 4.78 is 1.68. The summed E-state index contributed by atoms with van der Waals surface area (Å²) >= 11 is 0. The van der Waals surface area contributed by atoms with Crippen LogP contribution in [-0.4, -0.2) is 21.2 Å². The molecule has 5 nitrogen and oxygen atoms in total. The van der Waals surface area contributed by atoms with Gasteiger partial charge in [0.2, 0.25) is 11.7 Å². The number of amides is 1. The molecule has 2 rings (SSSR count). The summed E-state index contributed by atoms with van der Waals surface area (Å²) in [5, 5.41) is 2.84. The zero-order valence-electron chi connectivity index (χ0n) is 13.4. The van der Waals surface area contributed by atoms with E-state index < -0.39 is 0 Å². The zero-order chi connectivity index (χ0) is 16.3. The maximum absolute atomic E-state index is 12.3. The van der Waals surface area contributed by atoms with Crippen molar-refractivity contribution in [3.63, 3.8) is 0 Å². The van der Waals surface area contributed by atoms with Gasteiger partial charge in [-0.3, -0.25) is 9.59 Å². The van der Waals surface area contributed by atoms with Gasteiger partial charge in [-0.15, -0.1) is 0 Å². The molecular formula is C17H21N3O2. The number of hydrogen-bond donors (Lipinski definition) is 1. The van der Waals surface area contributed by atoms with Gasteiger partial charge < -0.3 is 9.88 Å². The van der Waals surface area contributed by atoms with Gasteiger partial charge in [0.15, 0.2) is 5.82 Å². The number of ketones is 1. The van der Waals surface area contributed by atoms with E-state index in [9.17, 15) is 9.59 Å². The number of nitrogens with one attached hydrogen (secondary N) is 1. The van der Waals surface area contributed by atoms with Crippen LogP contribution in [0.2, 0.25) is 0 Å². The van der Waals surface area contributed by atoms with Crippen LogP contribution < -0.4 is 5.32 Å². The van der Waals surface area contributed by atoms with E-state index in [0.717, 1.165) is 0 Å². The van der Waals surface area contributed by atoms with E-state index in [1.54, 1.807) is 48.3 Å². The second-order valence-corrected chi connectivity index (χ2v) is 6.55. The minimum Gasteiger partial charge on any atom is -0.331 e. The Hall–Kier alpha value is -2.43. The summed E-state index contributed by atoms with van der Waals surface area (Å²) in [4.78, 5) is 28.2. The fourth-order valence-corrected chi connectivity index (χ4v) is 2.11. The Bertz CT molecular complexity index is 679. The number of carbonyl (C=O) groups is 2. The van der Waals surface area contributed by atoms with Crippen LogP contribution in [0.1, 0.15) is 43.4 Å². The molecule has 5 heteroatoms. The molecule has 0 atom stereocenters. The predicted octanol–water partition coefficient (Wildman–Crippen LogP) is 3.03. The molecule has 1 N–H and O–H groups in total. The van der Waals surface area contributed by atoms with Crippen LogP contribution in [0.25, 0.3) is 0 Å². The van der Waals surface area contributed by atoms with Crippen molar-refractivity contribution in [1.29, 1.82) is 0 Å². The third-order valence-electron chi connectivity index (χ3n) is 3.15. The number of anilines is 1. The van der Waals surface area contributed by atoms with Gasteiger partial charge >= 0.3 is 0 Å². The van der Waals surface area contributed by atoms with Crippen LogP contribution >= 0.6 is 0 Å². The van der Waals surface area contributed by atoms with E-state index in [0.29, 0.717) is 23.5 Å². The van der Waals surface area contributed by atoms with Crippen LogP contribution in [0.5, 0.6) is 0 Å². The first-order chi connectivity index (χ1) is 10.3. The molecule has 0 radical (unpaired) electrons. The minimum absolute atomic E-state index is 0.0318. The molecule has 0 unspecified atom stereocenters. The zero-order valence-corrected chi connectivity index (χ0v) is 13.4. The topological polar surface area (TPSA) is 64.0 Å². The smallest absolute Gasteiger partial charge is 0.228 e. The normalized spacial score (nSPS) is 11.3. The molecule has 0 fully saturated rings. The highest BCUT2D eigenvalue weighted by Gasteiger charge is 2.17. The summed E-state index contributed by atoms with van der Waals surface area (Å²) in [6.45, 7) is 6.05. The Morgan fingerprint density at radius 3 is 2.32 bits per heavy atom. The van der Waals surface area contributed by atoms with Crippen molar-refractivity contribution >= 4 is 17.4 Å². The second-order valence-electron chi connectivity index (χ2n) is 6.55. The number of hydrogen-bond acceptors (Lipinski definition) is 3. The predicted molar refractivity (Wildman–Crippen MR) is 85.8 cm³/mol. The number of benzene rings is 1. The summed E-state index contributed by atoms with van der Waals surface area (Å²) in [6, 6.07) is 6.86. The van der Waals surface area contributed by atoms with Crippen molar-refractivity contribution in [2.45, 2.75) is 27.2 Å². The molecule has 0 saturated heterocycles. The van der Waals surface area contributed by atoms with Gasteiger partial charge in [-0.05, 0) is 29.7 Å². The molecule has 0 aliphatic heterocycles. The summed E-state index contributed by atoms with van der Waals surface area (Å²) in [5.74, 6) is 0.222. The first kappa shape index (κ1) is 15.9. The van der Waals surface area contributed by atoms with Crippen molar-refractivity contribution in [1.82, 2.24) is 9.55 Å². The highest BCUT2D eigenvalue weighted by atomic mass is 16.1. The number of aromatic nitrogens is 2. The van der Waals surface area contributed by atoms with Gasteiger partial charge in [-0.2, -0.15) is 0 Å². The van der Waals surface area contributed by atoms with E-state index >= 15 is 0 Å². The quantitative estimate of drug-likeness (QED) is 0.883. The Labute approximate surface area is 130 Å². The molecule has 22 heavy (non-hydrogen) atoms. The average Bonchev–Trinajstić information content (AvgIpc) is 2.83. The lowest BCUT2D eigenvalue weighted by Gasteiger charge is -2.17. The minimum atomic E-state index is -0.139. The third-order valence-corrected chi connectivity index (χ3v) is 3.15. The maximum atomic E-state index is 12.3. The standard InChI is InChI=1S/C17H21N3O2/c1-17(2,3)11-14(21)19-13-7-5-12(6-8-13)15(22)16-18-9-10-20(16)4/h5-10H,11H2,1-4H3,(H,19,21). The Balaban J connectivity index is 2.06. The maximum Gasteiger partial charge on any atom is 0.228 e. The van der Waals surface area contributed by atoms with Gasteiger partial charge in [-0.1, -0.05) is 20.8 Å². The number of nitrogens with zero attached hydrogens (tertiary/aromatic N) is 2. The van der Waals surface area contributed by atoms with E-state index in [1.165, 1.54) is 0 Å². The summed E-state index contributed by atoms with van der Waals surface area (Å²) in [6.07, 6.45) is 3.77. The molecule has 0 spiro atoms. The fraction of sp³-hybridized carbons (Fsp3) is 0.353. The first-order valence-electron chi connectivity index (χ1n) is 7.18. The molecule has 1 aromatic carbocycles. The number of aryl methyl sites for hydroxylation is 1. The van der Waals surface area contributed by atoms with Crippen molar-refractivity contribution in [3.8, 4) is 0 Å². The Morgan fingerprint density at radius 2 is 1.82 bits per heavy atom. The van der Waals surface area contributed by atoms with Gasteiger partial charge in [0.1, 0.15) is 0 Å². The molecule has 0 bridgehead atoms. The highest BCUT2D eigenvalue weighted by molar-refractivity contribution is 6.07. The SMILES string of the molecule is Cn1ccnc1C(=O)c1ccc(NC(=O)CC(C)(C)C)cc1. The average molecular weight is 299 g/mol. The molecule has 116 valence electrons. The Morgan fingerprint density at radius 1 is 1.18 bits per heavy atom. The van der Waals surface area contributed by atoms with Crippen LogP contribution in [0.4, 0.5) is 5.69 Å². The summed E-state index contributed by atoms with van der Waals surface area (Å²) in [7, 11) is 1.78. The fourth-order valence-electron chi connectivity index (χ4n) is 2.11. The van der Waals surface area contributed by atoms with Gasteiger partial charge in [0.25, 0.3) is 0 Å². The number of rotatable bonds is 4. The number of imidazole rings is 1. The van der Waals surface area contributed by atoms with Gasteiger partial charge in [-0.25, -0.2) is 4.98 Å². The van der Waals surface area contributed by atoms with Crippen molar-refractivity contribution < 1.29 is 9.59 Å². The van der Waals surface area contributed by atoms with Crippen molar-refractivity contribution in [3.05, 3.63) is 48.0 Å². The van der Waals surface area contributed by atoms with Crippen LogP contribution in [0.3, 0.4) is 0 Å². The van der Waals surface area contributed by atoms with Crippen LogP contribution in [0.15, 0.2) is 36.7 Å². The van der Waals surface area contributed by atoms with Crippen LogP contribution in [0, 0.1) is 5.41 Å². The molecule has 2 aromatic rings. The monoisotopic (exact) mass is 299 g/mol. The molecule has 1 aromatic heterocycles. The molecule has 1 heterocycles. The molecule has 0 saturated carbocycles. The van der Waals surface area contributed by atoms with Gasteiger partial charge in [0.05, 0.1) is 0 Å². The number of carbonyl (C=O) groups excluding carboxylic acids is 2. The molecule has 1 amide bonds. The van der Waals surface area contributed by atoms with E-state index in [-0.39, 0.29) is 17.1 Å². The lowest BCUT2D eigenvalue weighted by Crippen LogP contribution is -2.19. The lowest BCUT2D eigenvalue weighted by atomic mass is 9.92. The van der Waals surface area contributed by atoms with Crippen molar-refractivity contribution in [2.24, 2.45) is 12.5 Å². The molecule has 0 aliphatic carbocycles. The highest BCUT2D eigenvalue weighted by Crippen LogP contribution is 2.20. The Kier molecular flexibility index (Phi) is 4.45. The van der Waals surface area contributed by atoms with E-state index in [4.69, 9.17) is 0 Å². The van der Waals surface area contributed by atoms with E-state index in [2.05, 4.69) is 10.3 Å². The second kappa shape index (κ2) is 6.13. The van der Waals surface area contributed by atoms with Crippen LogP contribution in [-0.2, 0) is 11.8 Å². The largest absolute Gasteiger partial charge is 0.331 e. The molecular weight excluding hydrogens is 278 g/mol. The van der Waals surface area contributed by atoms with E-state index in [1.807, 2.05) is 20.8 Å². The third kappa shape index (κ3) is 4.04. The lowest BCUT2D eigenvalue weighted by molar-refractivity contribution is -0.117. The summed E-state index contributed by atoms with van der Waals surface area (Å²) in [5.41, 5.74) is 1.17. The first-order valence-corrected chi connectivity index (χ1v) is 7.18. The van der Waals surface area contributed by atoms with Gasteiger partial charge in [0, 0.05) is 37.1 Å². The molecule has 0 aliphatic rings.